The zero-order chi connectivity index (χ0) is 24.8. The van der Waals surface area contributed by atoms with Crippen molar-refractivity contribution in [1.82, 2.24) is 25.2 Å². The fourth-order valence-electron chi connectivity index (χ4n) is 4.86. The Morgan fingerprint density at radius 2 is 2.00 bits per heavy atom. The minimum absolute atomic E-state index is 0.147. The number of hydrogen-bond donors (Lipinski definition) is 2. The Labute approximate surface area is 197 Å². The summed E-state index contributed by atoms with van der Waals surface area (Å²) in [5, 5.41) is 12.6. The van der Waals surface area contributed by atoms with Gasteiger partial charge in [0.25, 0.3) is 6.43 Å². The lowest BCUT2D eigenvalue weighted by Gasteiger charge is -2.39. The predicted octanol–water partition coefficient (Wildman–Crippen LogP) is 2.35. The molecule has 2 heterocycles. The molecule has 2 aliphatic rings. The average molecular weight is 487 g/mol. The fourth-order valence-corrected chi connectivity index (χ4v) is 4.86. The Hall–Kier alpha value is -2.47. The number of nitrogens with one attached hydrogen (secondary N) is 1. The van der Waals surface area contributed by atoms with Gasteiger partial charge in [-0.3, -0.25) is 14.8 Å². The van der Waals surface area contributed by atoms with E-state index in [1.165, 1.54) is 0 Å². The lowest BCUT2D eigenvalue weighted by atomic mass is 9.92. The van der Waals surface area contributed by atoms with Gasteiger partial charge in [0.15, 0.2) is 17.5 Å². The van der Waals surface area contributed by atoms with E-state index in [1.807, 2.05) is 14.0 Å². The van der Waals surface area contributed by atoms with Gasteiger partial charge in [-0.1, -0.05) is 25.7 Å². The van der Waals surface area contributed by atoms with Crippen LogP contribution in [0.25, 0.3) is 0 Å². The van der Waals surface area contributed by atoms with Gasteiger partial charge in [-0.15, -0.1) is 0 Å². The number of hydroxylamine groups is 2. The van der Waals surface area contributed by atoms with Crippen LogP contribution in [0.2, 0.25) is 0 Å². The van der Waals surface area contributed by atoms with E-state index in [9.17, 15) is 23.6 Å². The second kappa shape index (κ2) is 11.8. The van der Waals surface area contributed by atoms with Crippen LogP contribution in [0.3, 0.4) is 0 Å². The monoisotopic (exact) mass is 486 g/mol. The summed E-state index contributed by atoms with van der Waals surface area (Å²) in [6.07, 6.45) is 1.73. The third-order valence-corrected chi connectivity index (χ3v) is 6.64. The largest absolute Gasteiger partial charge is 0.350 e. The van der Waals surface area contributed by atoms with Gasteiger partial charge in [0.1, 0.15) is 5.69 Å². The quantitative estimate of drug-likeness (QED) is 0.297. The van der Waals surface area contributed by atoms with E-state index in [4.69, 9.17) is 0 Å². The first kappa shape index (κ1) is 26.1. The molecule has 2 atom stereocenters. The van der Waals surface area contributed by atoms with Crippen LogP contribution >= 0.6 is 0 Å². The molecule has 2 N–H and O–H groups in total. The van der Waals surface area contributed by atoms with E-state index >= 15 is 4.39 Å². The molecule has 1 aliphatic heterocycles. The van der Waals surface area contributed by atoms with Gasteiger partial charge in [0.2, 0.25) is 12.3 Å². The van der Waals surface area contributed by atoms with Gasteiger partial charge < -0.3 is 15.1 Å². The third-order valence-electron chi connectivity index (χ3n) is 6.64. The molecule has 1 saturated carbocycles. The normalized spacial score (nSPS) is 20.6. The molecule has 190 valence electrons. The van der Waals surface area contributed by atoms with Crippen molar-refractivity contribution in [3.63, 3.8) is 0 Å². The minimum atomic E-state index is -3.00. The van der Waals surface area contributed by atoms with Crippen molar-refractivity contribution in [2.24, 2.45) is 11.8 Å². The number of rotatable bonds is 10. The van der Waals surface area contributed by atoms with Crippen molar-refractivity contribution < 1.29 is 28.0 Å². The van der Waals surface area contributed by atoms with Crippen LogP contribution in [0.1, 0.15) is 57.0 Å². The number of anilines is 1. The molecule has 0 spiro atoms. The molecule has 0 bridgehead atoms. The Kier molecular flexibility index (Phi) is 9.06. The summed E-state index contributed by atoms with van der Waals surface area (Å²) >= 11 is 0. The van der Waals surface area contributed by atoms with Crippen molar-refractivity contribution in [3.8, 4) is 0 Å². The summed E-state index contributed by atoms with van der Waals surface area (Å²) in [6, 6.07) is -0.147. The van der Waals surface area contributed by atoms with Crippen LogP contribution in [0.15, 0.2) is 0 Å². The number of amides is 2. The van der Waals surface area contributed by atoms with E-state index < -0.39 is 36.4 Å². The lowest BCUT2D eigenvalue weighted by Crippen LogP contribution is -2.51. The van der Waals surface area contributed by atoms with Gasteiger partial charge in [-0.05, 0) is 26.3 Å². The molecule has 1 saturated heterocycles. The van der Waals surface area contributed by atoms with Crippen molar-refractivity contribution in [2.75, 3.05) is 38.1 Å². The standard InChI is InChI=1S/C22H33F3N6O3/c1-14-11-29(2)7-8-31(14)21-18(23)17(27-20(28-21)19(24)25)10-26-22(33)16(12-30(34)13-32)9-15-5-3-4-6-15/h13-16,19,34H,3-12H2,1-2H3,(H,26,33)/t14-,16+/m0/s1. The molecule has 2 fully saturated rings. The van der Waals surface area contributed by atoms with E-state index in [2.05, 4.69) is 20.2 Å². The number of alkyl halides is 2. The summed E-state index contributed by atoms with van der Waals surface area (Å²) in [6.45, 7) is 2.92. The van der Waals surface area contributed by atoms with Crippen LogP contribution in [-0.2, 0) is 16.1 Å². The Bertz CT molecular complexity index is 855. The predicted molar refractivity (Wildman–Crippen MR) is 118 cm³/mol. The molecular weight excluding hydrogens is 453 g/mol. The molecular formula is C22H33F3N6O3. The summed E-state index contributed by atoms with van der Waals surface area (Å²) in [5.74, 6) is -2.75. The highest BCUT2D eigenvalue weighted by Crippen LogP contribution is 2.31. The maximum Gasteiger partial charge on any atom is 0.297 e. The van der Waals surface area contributed by atoms with E-state index in [0.717, 1.165) is 25.7 Å². The zero-order valence-corrected chi connectivity index (χ0v) is 19.6. The number of piperazine rings is 1. The van der Waals surface area contributed by atoms with Gasteiger partial charge in [-0.25, -0.2) is 28.2 Å². The van der Waals surface area contributed by atoms with E-state index in [1.54, 1.807) is 4.90 Å². The second-order valence-corrected chi connectivity index (χ2v) is 9.30. The van der Waals surface area contributed by atoms with Gasteiger partial charge in [0.05, 0.1) is 19.0 Å². The average Bonchev–Trinajstić information content (AvgIpc) is 3.31. The van der Waals surface area contributed by atoms with Crippen LogP contribution < -0.4 is 10.2 Å². The third kappa shape index (κ3) is 6.56. The minimum Gasteiger partial charge on any atom is -0.350 e. The van der Waals surface area contributed by atoms with Gasteiger partial charge >= 0.3 is 0 Å². The van der Waals surface area contributed by atoms with Crippen LogP contribution in [0, 0.1) is 17.7 Å². The molecule has 2 amide bonds. The number of aromatic nitrogens is 2. The Morgan fingerprint density at radius 1 is 1.29 bits per heavy atom. The molecule has 0 unspecified atom stereocenters. The highest BCUT2D eigenvalue weighted by Gasteiger charge is 2.30. The molecule has 1 aromatic rings. The lowest BCUT2D eigenvalue weighted by molar-refractivity contribution is -0.155. The number of hydrogen-bond acceptors (Lipinski definition) is 7. The number of nitrogens with zero attached hydrogens (tertiary/aromatic N) is 5. The Balaban J connectivity index is 1.77. The number of carbonyl (C=O) groups excluding carboxylic acids is 2. The van der Waals surface area contributed by atoms with E-state index in [0.29, 0.717) is 37.0 Å². The van der Waals surface area contributed by atoms with Crippen molar-refractivity contribution in [1.29, 1.82) is 0 Å². The zero-order valence-electron chi connectivity index (χ0n) is 19.6. The van der Waals surface area contributed by atoms with Crippen molar-refractivity contribution in [3.05, 3.63) is 17.3 Å². The highest BCUT2D eigenvalue weighted by atomic mass is 19.3. The maximum absolute atomic E-state index is 15.3. The second-order valence-electron chi connectivity index (χ2n) is 9.30. The molecule has 3 rings (SSSR count). The molecule has 12 heteroatoms. The number of halogens is 3. The maximum atomic E-state index is 15.3. The summed E-state index contributed by atoms with van der Waals surface area (Å²) in [7, 11) is 1.93. The summed E-state index contributed by atoms with van der Waals surface area (Å²) < 4.78 is 42.3. The van der Waals surface area contributed by atoms with Crippen molar-refractivity contribution >= 4 is 18.1 Å². The van der Waals surface area contributed by atoms with E-state index in [-0.39, 0.29) is 30.5 Å². The van der Waals surface area contributed by atoms with Crippen LogP contribution in [-0.4, -0.2) is 76.7 Å². The number of likely N-dealkylation sites (N-methyl/N-ethyl adjacent to an activating group) is 1. The number of carbonyl (C=O) groups is 2. The molecule has 1 aliphatic carbocycles. The van der Waals surface area contributed by atoms with Gasteiger partial charge in [-0.2, -0.15) is 0 Å². The van der Waals surface area contributed by atoms with Crippen LogP contribution in [0.5, 0.6) is 0 Å². The molecule has 1 aromatic heterocycles. The smallest absolute Gasteiger partial charge is 0.297 e. The SMILES string of the molecule is C[C@H]1CN(C)CCN1c1nc(C(F)F)nc(CNC(=O)[C@H](CC2CCCC2)CN(O)C=O)c1F. The first-order valence-electron chi connectivity index (χ1n) is 11.7. The van der Waals surface area contributed by atoms with Crippen LogP contribution in [0.4, 0.5) is 19.0 Å². The highest BCUT2D eigenvalue weighted by molar-refractivity contribution is 5.79. The Morgan fingerprint density at radius 3 is 2.62 bits per heavy atom. The first-order valence-corrected chi connectivity index (χ1v) is 11.7. The molecule has 0 aromatic carbocycles. The summed E-state index contributed by atoms with van der Waals surface area (Å²) in [5.41, 5.74) is -0.323. The van der Waals surface area contributed by atoms with Gasteiger partial charge in [0, 0.05) is 25.7 Å². The fraction of sp³-hybridized carbons (Fsp3) is 0.727. The first-order chi connectivity index (χ1) is 16.2. The molecule has 0 radical (unpaired) electrons. The molecule has 9 nitrogen and oxygen atoms in total. The van der Waals surface area contributed by atoms with Crippen molar-refractivity contribution in [2.45, 2.75) is 58.0 Å². The molecule has 34 heavy (non-hydrogen) atoms. The topological polar surface area (TPSA) is 102 Å². The summed E-state index contributed by atoms with van der Waals surface area (Å²) in [4.78, 5) is 34.9.